The van der Waals surface area contributed by atoms with E-state index in [4.69, 9.17) is 4.99 Å². The lowest BCUT2D eigenvalue weighted by Crippen LogP contribution is -2.29. The highest BCUT2D eigenvalue weighted by Gasteiger charge is 2.41. The number of rotatable bonds is 2. The van der Waals surface area contributed by atoms with Gasteiger partial charge < -0.3 is 5.32 Å². The van der Waals surface area contributed by atoms with Crippen LogP contribution >= 0.6 is 27.7 Å². The molecule has 1 N–H and O–H groups in total. The first kappa shape index (κ1) is 18.8. The fourth-order valence-corrected chi connectivity index (χ4v) is 4.96. The highest BCUT2D eigenvalue weighted by atomic mass is 79.9. The van der Waals surface area contributed by atoms with E-state index in [9.17, 15) is 9.59 Å². The van der Waals surface area contributed by atoms with Crippen LogP contribution in [-0.4, -0.2) is 17.0 Å². The Kier molecular flexibility index (Phi) is 4.77. The average molecular weight is 476 g/mol. The van der Waals surface area contributed by atoms with Crippen LogP contribution in [0.25, 0.3) is 5.57 Å². The van der Waals surface area contributed by atoms with E-state index in [2.05, 4.69) is 21.2 Å². The maximum Gasteiger partial charge on any atom is 0.272 e. The molecule has 0 saturated carbocycles. The van der Waals surface area contributed by atoms with Crippen molar-refractivity contribution in [1.82, 2.24) is 0 Å². The van der Waals surface area contributed by atoms with Gasteiger partial charge in [-0.2, -0.15) is 0 Å². The van der Waals surface area contributed by atoms with E-state index in [1.807, 2.05) is 78.9 Å². The van der Waals surface area contributed by atoms with Gasteiger partial charge in [0.15, 0.2) is 5.17 Å². The summed E-state index contributed by atoms with van der Waals surface area (Å²) in [4.78, 5) is 32.9. The zero-order chi connectivity index (χ0) is 20.7. The number of carbonyl (C=O) groups is 2. The maximum absolute atomic E-state index is 13.5. The third-order valence-corrected chi connectivity index (χ3v) is 6.45. The van der Waals surface area contributed by atoms with E-state index >= 15 is 0 Å². The number of para-hydroxylation sites is 3. The Balaban J connectivity index is 1.69. The van der Waals surface area contributed by atoms with E-state index in [1.165, 1.54) is 11.8 Å². The van der Waals surface area contributed by atoms with Gasteiger partial charge in [0, 0.05) is 10.0 Å². The first-order chi connectivity index (χ1) is 14.6. The summed E-state index contributed by atoms with van der Waals surface area (Å²) < 4.78 is 0.775. The van der Waals surface area contributed by atoms with Gasteiger partial charge in [0.05, 0.1) is 27.5 Å². The standard InChI is InChI=1S/C23H14BrN3O2S/c24-17-13-7-12-16-18(21(28)26-19(16)17)20-22(29)27(15-10-5-2-6-11-15)23(30-20)25-14-8-3-1-4-9-14/h1-13H,(H,26,28)/b20-18-,25-23-. The minimum Gasteiger partial charge on any atom is -0.320 e. The summed E-state index contributed by atoms with van der Waals surface area (Å²) in [6, 6.07) is 24.3. The van der Waals surface area contributed by atoms with Crippen LogP contribution in [0.4, 0.5) is 17.1 Å². The summed E-state index contributed by atoms with van der Waals surface area (Å²) >= 11 is 4.68. The molecule has 5 nitrogen and oxygen atoms in total. The van der Waals surface area contributed by atoms with Crippen molar-refractivity contribution in [3.63, 3.8) is 0 Å². The van der Waals surface area contributed by atoms with Gasteiger partial charge in [-0.05, 0) is 58.0 Å². The summed E-state index contributed by atoms with van der Waals surface area (Å²) in [5.41, 5.74) is 3.20. The Labute approximate surface area is 185 Å². The summed E-state index contributed by atoms with van der Waals surface area (Å²) in [5, 5.41) is 3.38. The molecule has 2 heterocycles. The lowest BCUT2D eigenvalue weighted by molar-refractivity contribution is -0.114. The van der Waals surface area contributed by atoms with Crippen LogP contribution in [0.1, 0.15) is 5.56 Å². The number of hydrogen-bond acceptors (Lipinski definition) is 4. The first-order valence-electron chi connectivity index (χ1n) is 9.19. The molecule has 146 valence electrons. The maximum atomic E-state index is 13.5. The lowest BCUT2D eigenvalue weighted by Gasteiger charge is -2.15. The molecule has 0 aliphatic carbocycles. The van der Waals surface area contributed by atoms with Gasteiger partial charge >= 0.3 is 0 Å². The smallest absolute Gasteiger partial charge is 0.272 e. The van der Waals surface area contributed by atoms with Crippen molar-refractivity contribution in [2.75, 3.05) is 10.2 Å². The Morgan fingerprint density at radius 2 is 1.57 bits per heavy atom. The number of amides is 2. The molecule has 0 radical (unpaired) electrons. The van der Waals surface area contributed by atoms with Gasteiger partial charge in [-0.25, -0.2) is 4.99 Å². The molecule has 7 heteroatoms. The van der Waals surface area contributed by atoms with Gasteiger partial charge in [-0.3, -0.25) is 14.5 Å². The molecule has 1 fully saturated rings. The molecule has 0 atom stereocenters. The minimum absolute atomic E-state index is 0.265. The minimum atomic E-state index is -0.290. The summed E-state index contributed by atoms with van der Waals surface area (Å²) in [6.45, 7) is 0. The van der Waals surface area contributed by atoms with Crippen LogP contribution in [0.2, 0.25) is 0 Å². The van der Waals surface area contributed by atoms with Crippen LogP contribution in [-0.2, 0) is 9.59 Å². The fraction of sp³-hybridized carbons (Fsp3) is 0. The number of benzene rings is 3. The van der Waals surface area contributed by atoms with Gasteiger partial charge in [0.25, 0.3) is 11.8 Å². The number of carbonyl (C=O) groups excluding carboxylic acids is 2. The second-order valence-electron chi connectivity index (χ2n) is 6.63. The van der Waals surface area contributed by atoms with Crippen molar-refractivity contribution in [3.8, 4) is 0 Å². The molecule has 2 aliphatic heterocycles. The molecule has 5 rings (SSSR count). The molecule has 0 unspecified atom stereocenters. The first-order valence-corrected chi connectivity index (χ1v) is 10.8. The topological polar surface area (TPSA) is 61.8 Å². The quantitative estimate of drug-likeness (QED) is 0.492. The molecule has 0 bridgehead atoms. The SMILES string of the molecule is O=C1Nc2c(Br)cccc2/C1=C1/S/C(=N\c2ccccc2)N(c2ccccc2)C1=O. The van der Waals surface area contributed by atoms with Crippen LogP contribution in [0.3, 0.4) is 0 Å². The molecule has 2 aliphatic rings. The summed E-state index contributed by atoms with van der Waals surface area (Å²) in [7, 11) is 0. The molecule has 3 aromatic carbocycles. The van der Waals surface area contributed by atoms with Crippen molar-refractivity contribution in [1.29, 1.82) is 0 Å². The van der Waals surface area contributed by atoms with Crippen LogP contribution < -0.4 is 10.2 Å². The number of nitrogens with one attached hydrogen (secondary N) is 1. The second-order valence-corrected chi connectivity index (χ2v) is 8.46. The summed E-state index contributed by atoms with van der Waals surface area (Å²) in [6.07, 6.45) is 0. The Hall–Kier alpha value is -3.16. The van der Waals surface area contributed by atoms with Gasteiger partial charge in [0.1, 0.15) is 0 Å². The van der Waals surface area contributed by atoms with Crippen LogP contribution in [0.15, 0.2) is 93.2 Å². The molecular weight excluding hydrogens is 462 g/mol. The Bertz CT molecular complexity index is 1240. The zero-order valence-corrected chi connectivity index (χ0v) is 17.9. The van der Waals surface area contributed by atoms with Crippen molar-refractivity contribution in [2.24, 2.45) is 4.99 Å². The van der Waals surface area contributed by atoms with E-state index in [-0.39, 0.29) is 11.8 Å². The second kappa shape index (κ2) is 7.59. The molecule has 30 heavy (non-hydrogen) atoms. The molecule has 0 aromatic heterocycles. The number of nitrogens with zero attached hydrogens (tertiary/aromatic N) is 2. The number of thioether (sulfide) groups is 1. The molecule has 3 aromatic rings. The highest BCUT2D eigenvalue weighted by Crippen LogP contribution is 2.45. The van der Waals surface area contributed by atoms with E-state index in [0.717, 1.165) is 10.2 Å². The predicted octanol–water partition coefficient (Wildman–Crippen LogP) is 5.58. The van der Waals surface area contributed by atoms with E-state index in [1.54, 1.807) is 4.90 Å². The van der Waals surface area contributed by atoms with Crippen molar-refractivity contribution < 1.29 is 9.59 Å². The number of hydrogen-bond donors (Lipinski definition) is 1. The highest BCUT2D eigenvalue weighted by molar-refractivity contribution is 9.10. The number of halogens is 1. The number of aliphatic imine (C=N–C) groups is 1. The largest absolute Gasteiger partial charge is 0.320 e. The molecule has 0 spiro atoms. The lowest BCUT2D eigenvalue weighted by atomic mass is 10.1. The van der Waals surface area contributed by atoms with Crippen LogP contribution in [0, 0.1) is 0 Å². The third-order valence-electron chi connectivity index (χ3n) is 4.75. The van der Waals surface area contributed by atoms with E-state index in [0.29, 0.717) is 32.6 Å². The monoisotopic (exact) mass is 475 g/mol. The zero-order valence-electron chi connectivity index (χ0n) is 15.5. The van der Waals surface area contributed by atoms with Crippen molar-refractivity contribution in [3.05, 3.63) is 93.8 Å². The number of amidine groups is 1. The van der Waals surface area contributed by atoms with E-state index < -0.39 is 0 Å². The Morgan fingerprint density at radius 3 is 2.30 bits per heavy atom. The number of fused-ring (bicyclic) bond motifs is 1. The Morgan fingerprint density at radius 1 is 0.867 bits per heavy atom. The third kappa shape index (κ3) is 3.16. The van der Waals surface area contributed by atoms with Crippen molar-refractivity contribution >= 4 is 67.3 Å². The normalized spacial score (nSPS) is 19.4. The number of anilines is 2. The van der Waals surface area contributed by atoms with Crippen molar-refractivity contribution in [2.45, 2.75) is 0 Å². The van der Waals surface area contributed by atoms with Crippen LogP contribution in [0.5, 0.6) is 0 Å². The average Bonchev–Trinajstić information content (AvgIpc) is 3.26. The predicted molar refractivity (Wildman–Crippen MR) is 125 cm³/mol. The summed E-state index contributed by atoms with van der Waals surface area (Å²) in [5.74, 6) is -0.555. The van der Waals surface area contributed by atoms with Gasteiger partial charge in [-0.15, -0.1) is 0 Å². The van der Waals surface area contributed by atoms with Gasteiger partial charge in [0.2, 0.25) is 0 Å². The molecule has 1 saturated heterocycles. The van der Waals surface area contributed by atoms with Gasteiger partial charge in [-0.1, -0.05) is 48.5 Å². The molecule has 2 amide bonds. The molecular formula is C23H14BrN3O2S. The fourth-order valence-electron chi connectivity index (χ4n) is 3.40.